The first-order chi connectivity index (χ1) is 15.2. The zero-order chi connectivity index (χ0) is 21.6. The van der Waals surface area contributed by atoms with Gasteiger partial charge in [0, 0.05) is 32.2 Å². The van der Waals surface area contributed by atoms with Gasteiger partial charge in [-0.3, -0.25) is 4.57 Å². The van der Waals surface area contributed by atoms with Crippen molar-refractivity contribution in [2.45, 2.75) is 44.2 Å². The molecule has 0 spiro atoms. The molecule has 2 aliphatic rings. The van der Waals surface area contributed by atoms with Gasteiger partial charge in [-0.15, -0.1) is 0 Å². The summed E-state index contributed by atoms with van der Waals surface area (Å²) in [4.78, 5) is 27.3. The Labute approximate surface area is 181 Å². The lowest BCUT2D eigenvalue weighted by molar-refractivity contribution is 0.174. The van der Waals surface area contributed by atoms with Crippen molar-refractivity contribution in [2.24, 2.45) is 0 Å². The van der Waals surface area contributed by atoms with Gasteiger partial charge in [0.25, 0.3) is 0 Å². The molecule has 9 heteroatoms. The first kappa shape index (κ1) is 21.4. The van der Waals surface area contributed by atoms with E-state index in [0.717, 1.165) is 37.3 Å². The molecular formula is C22H31N5O4. The highest BCUT2D eigenvalue weighted by molar-refractivity contribution is 5.74. The number of ether oxygens (including phenoxy) is 2. The van der Waals surface area contributed by atoms with Crippen LogP contribution in [0.2, 0.25) is 0 Å². The summed E-state index contributed by atoms with van der Waals surface area (Å²) in [6.07, 6.45) is 3.85. The first-order valence-corrected chi connectivity index (χ1v) is 11.1. The van der Waals surface area contributed by atoms with Crippen molar-refractivity contribution >= 4 is 6.03 Å². The van der Waals surface area contributed by atoms with Gasteiger partial charge in [-0.05, 0) is 37.8 Å². The third kappa shape index (κ3) is 5.28. The highest BCUT2D eigenvalue weighted by Gasteiger charge is 2.35. The summed E-state index contributed by atoms with van der Waals surface area (Å²) >= 11 is 0. The Hall–Kier alpha value is -2.81. The second-order valence-electron chi connectivity index (χ2n) is 8.14. The number of rotatable bonds is 9. The number of nitrogens with zero attached hydrogens (tertiary/aromatic N) is 4. The molecule has 1 N–H and O–H groups in total. The summed E-state index contributed by atoms with van der Waals surface area (Å²) in [5.41, 5.74) is -0.0609. The number of urea groups is 1. The molecule has 2 fully saturated rings. The SMILES string of the molecule is COCCn1nc(C2CCCN(C(=O)NCCOc3ccccc3)C2)n(C2CC2)c1=O. The number of methoxy groups -OCH3 is 1. The van der Waals surface area contributed by atoms with Crippen LogP contribution < -0.4 is 15.7 Å². The van der Waals surface area contributed by atoms with Crippen LogP contribution in [0.3, 0.4) is 0 Å². The van der Waals surface area contributed by atoms with Crippen LogP contribution in [-0.2, 0) is 11.3 Å². The maximum atomic E-state index is 12.8. The quantitative estimate of drug-likeness (QED) is 0.616. The highest BCUT2D eigenvalue weighted by atomic mass is 16.5. The predicted molar refractivity (Wildman–Crippen MR) is 116 cm³/mol. The number of aromatic nitrogens is 3. The number of piperidine rings is 1. The van der Waals surface area contributed by atoms with Crippen molar-refractivity contribution in [1.82, 2.24) is 24.6 Å². The van der Waals surface area contributed by atoms with Gasteiger partial charge >= 0.3 is 11.7 Å². The number of nitrogens with one attached hydrogen (secondary N) is 1. The maximum Gasteiger partial charge on any atom is 0.346 e. The van der Waals surface area contributed by atoms with Crippen molar-refractivity contribution in [3.63, 3.8) is 0 Å². The van der Waals surface area contributed by atoms with Crippen LogP contribution in [0.4, 0.5) is 4.79 Å². The predicted octanol–water partition coefficient (Wildman–Crippen LogP) is 1.99. The number of hydrogen-bond donors (Lipinski definition) is 1. The largest absolute Gasteiger partial charge is 0.492 e. The van der Waals surface area contributed by atoms with E-state index in [0.29, 0.717) is 39.4 Å². The molecule has 1 unspecified atom stereocenters. The second kappa shape index (κ2) is 10.00. The third-order valence-electron chi connectivity index (χ3n) is 5.78. The zero-order valence-electron chi connectivity index (χ0n) is 18.0. The molecule has 1 saturated heterocycles. The fourth-order valence-corrected chi connectivity index (χ4v) is 4.04. The number of carbonyl (C=O) groups excluding carboxylic acids is 1. The molecule has 9 nitrogen and oxygen atoms in total. The second-order valence-corrected chi connectivity index (χ2v) is 8.14. The van der Waals surface area contributed by atoms with Crippen LogP contribution in [0.25, 0.3) is 0 Å². The Kier molecular flexibility index (Phi) is 6.91. The van der Waals surface area contributed by atoms with Crippen molar-refractivity contribution < 1.29 is 14.3 Å². The van der Waals surface area contributed by atoms with Crippen LogP contribution >= 0.6 is 0 Å². The Bertz CT molecular complexity index is 922. The molecule has 4 rings (SSSR count). The zero-order valence-corrected chi connectivity index (χ0v) is 18.0. The van der Waals surface area contributed by atoms with Gasteiger partial charge in [0.05, 0.1) is 19.7 Å². The molecule has 0 radical (unpaired) electrons. The summed E-state index contributed by atoms with van der Waals surface area (Å²) in [5, 5.41) is 7.58. The van der Waals surface area contributed by atoms with Gasteiger partial charge in [0.2, 0.25) is 0 Å². The molecule has 1 aromatic carbocycles. The minimum absolute atomic E-state index is 0.0609. The molecule has 1 saturated carbocycles. The van der Waals surface area contributed by atoms with Gasteiger partial charge in [-0.25, -0.2) is 14.3 Å². The van der Waals surface area contributed by atoms with E-state index in [1.54, 1.807) is 7.11 Å². The lowest BCUT2D eigenvalue weighted by Gasteiger charge is -2.32. The average Bonchev–Trinajstić information content (AvgIpc) is 3.59. The molecular weight excluding hydrogens is 398 g/mol. The topological polar surface area (TPSA) is 90.6 Å². The third-order valence-corrected chi connectivity index (χ3v) is 5.78. The summed E-state index contributed by atoms with van der Waals surface area (Å²) in [6.45, 7) is 3.02. The average molecular weight is 430 g/mol. The van der Waals surface area contributed by atoms with E-state index < -0.39 is 0 Å². The number of carbonyl (C=O) groups is 1. The lowest BCUT2D eigenvalue weighted by atomic mass is 9.97. The van der Waals surface area contributed by atoms with Crippen molar-refractivity contribution in [3.8, 4) is 5.75 Å². The summed E-state index contributed by atoms with van der Waals surface area (Å²) < 4.78 is 14.1. The Morgan fingerprint density at radius 3 is 2.74 bits per heavy atom. The first-order valence-electron chi connectivity index (χ1n) is 11.1. The molecule has 2 heterocycles. The van der Waals surface area contributed by atoms with E-state index in [9.17, 15) is 9.59 Å². The Morgan fingerprint density at radius 2 is 2.00 bits per heavy atom. The van der Waals surface area contributed by atoms with Crippen LogP contribution in [0, 0.1) is 0 Å². The van der Waals surface area contributed by atoms with Gasteiger partial charge < -0.3 is 19.7 Å². The van der Waals surface area contributed by atoms with E-state index >= 15 is 0 Å². The van der Waals surface area contributed by atoms with E-state index in [1.807, 2.05) is 39.8 Å². The number of hydrogen-bond acceptors (Lipinski definition) is 5. The van der Waals surface area contributed by atoms with Crippen molar-refractivity contribution in [3.05, 3.63) is 46.6 Å². The van der Waals surface area contributed by atoms with E-state index in [2.05, 4.69) is 10.4 Å². The fraction of sp³-hybridized carbons (Fsp3) is 0.591. The highest BCUT2D eigenvalue weighted by Crippen LogP contribution is 2.37. The van der Waals surface area contributed by atoms with Crippen LogP contribution in [0.1, 0.15) is 43.5 Å². The molecule has 1 aromatic heterocycles. The van der Waals surface area contributed by atoms with E-state index in [1.165, 1.54) is 4.68 Å². The molecule has 1 aliphatic carbocycles. The molecule has 1 aliphatic heterocycles. The Balaban J connectivity index is 1.35. The fourth-order valence-electron chi connectivity index (χ4n) is 4.04. The van der Waals surface area contributed by atoms with Gasteiger partial charge in [0.1, 0.15) is 18.2 Å². The standard InChI is InChI=1S/C22H31N5O4/c1-30-15-13-26-22(29)27(18-9-10-18)20(24-26)17-6-5-12-25(16-17)21(28)23-11-14-31-19-7-3-2-4-8-19/h2-4,7-8,17-18H,5-6,9-16H2,1H3,(H,23,28). The molecule has 1 atom stereocenters. The number of para-hydroxylation sites is 1. The van der Waals surface area contributed by atoms with Gasteiger partial charge in [-0.2, -0.15) is 5.10 Å². The number of amides is 2. The van der Waals surface area contributed by atoms with Crippen LogP contribution in [0.15, 0.2) is 35.1 Å². The minimum atomic E-state index is -0.0968. The van der Waals surface area contributed by atoms with Crippen molar-refractivity contribution in [2.75, 3.05) is 40.0 Å². The van der Waals surface area contributed by atoms with Crippen LogP contribution in [0.5, 0.6) is 5.75 Å². The lowest BCUT2D eigenvalue weighted by Crippen LogP contribution is -2.46. The smallest absolute Gasteiger partial charge is 0.346 e. The molecule has 0 bridgehead atoms. The molecule has 168 valence electrons. The maximum absolute atomic E-state index is 12.8. The van der Waals surface area contributed by atoms with Gasteiger partial charge in [0.15, 0.2) is 0 Å². The summed E-state index contributed by atoms with van der Waals surface area (Å²) in [7, 11) is 1.62. The molecule has 2 amide bonds. The van der Waals surface area contributed by atoms with E-state index in [-0.39, 0.29) is 23.7 Å². The minimum Gasteiger partial charge on any atom is -0.492 e. The summed E-state index contributed by atoms with van der Waals surface area (Å²) in [5.74, 6) is 1.67. The van der Waals surface area contributed by atoms with E-state index in [4.69, 9.17) is 9.47 Å². The van der Waals surface area contributed by atoms with Crippen molar-refractivity contribution in [1.29, 1.82) is 0 Å². The van der Waals surface area contributed by atoms with Gasteiger partial charge in [-0.1, -0.05) is 18.2 Å². The monoisotopic (exact) mass is 429 g/mol. The normalized spacial score (nSPS) is 18.7. The number of likely N-dealkylation sites (tertiary alicyclic amines) is 1. The molecule has 31 heavy (non-hydrogen) atoms. The van der Waals surface area contributed by atoms with Crippen LogP contribution in [-0.4, -0.2) is 65.2 Å². The Morgan fingerprint density at radius 1 is 1.19 bits per heavy atom. The summed E-state index contributed by atoms with van der Waals surface area (Å²) in [6, 6.07) is 9.70. The molecule has 2 aromatic rings. The number of benzene rings is 1.